The molecule has 0 saturated heterocycles. The summed E-state index contributed by atoms with van der Waals surface area (Å²) >= 11 is 0. The van der Waals surface area contributed by atoms with Crippen LogP contribution in [-0.4, -0.2) is 9.13 Å². The molecule has 0 unspecified atom stereocenters. The normalized spacial score (nSPS) is 11.6. The Hall–Kier alpha value is -5.86. The van der Waals surface area contributed by atoms with E-state index in [2.05, 4.69) is 179 Å². The van der Waals surface area contributed by atoms with Crippen LogP contribution < -0.4 is 0 Å². The lowest BCUT2D eigenvalue weighted by Gasteiger charge is -2.17. The van der Waals surface area contributed by atoms with Crippen LogP contribution in [0.4, 0.5) is 0 Å². The zero-order chi connectivity index (χ0) is 29.0. The first-order valence-corrected chi connectivity index (χ1v) is 15.1. The fourth-order valence-electron chi connectivity index (χ4n) is 6.95. The lowest BCUT2D eigenvalue weighted by molar-refractivity contribution is 1.16. The predicted octanol–water partition coefficient (Wildman–Crippen LogP) is 11.2. The molecule has 0 atom stereocenters. The smallest absolute Gasteiger partial charge is 0.0562 e. The van der Waals surface area contributed by atoms with Gasteiger partial charge in [0.1, 0.15) is 0 Å². The van der Waals surface area contributed by atoms with Crippen LogP contribution in [0.15, 0.2) is 170 Å². The number of hydrogen-bond acceptors (Lipinski definition) is 0. The lowest BCUT2D eigenvalue weighted by atomic mass is 9.98. The van der Waals surface area contributed by atoms with Crippen molar-refractivity contribution in [1.82, 2.24) is 9.13 Å². The van der Waals surface area contributed by atoms with Crippen molar-refractivity contribution >= 4 is 43.6 Å². The van der Waals surface area contributed by atoms with E-state index in [0.717, 1.165) is 5.69 Å². The molecule has 9 rings (SSSR count). The molecule has 0 bridgehead atoms. The van der Waals surface area contributed by atoms with E-state index in [4.69, 9.17) is 0 Å². The topological polar surface area (TPSA) is 9.86 Å². The minimum atomic E-state index is 1.15. The first kappa shape index (κ1) is 24.7. The summed E-state index contributed by atoms with van der Waals surface area (Å²) in [6.07, 6.45) is 0. The van der Waals surface area contributed by atoms with Crippen molar-refractivity contribution in [2.75, 3.05) is 0 Å². The zero-order valence-corrected chi connectivity index (χ0v) is 24.1. The summed E-state index contributed by atoms with van der Waals surface area (Å²) in [7, 11) is 0. The Morgan fingerprint density at radius 3 is 1.41 bits per heavy atom. The second-order valence-corrected chi connectivity index (χ2v) is 11.4. The average Bonchev–Trinajstić information content (AvgIpc) is 3.61. The van der Waals surface area contributed by atoms with E-state index in [1.165, 1.54) is 71.6 Å². The van der Waals surface area contributed by atoms with Gasteiger partial charge in [0.15, 0.2) is 0 Å². The Morgan fingerprint density at radius 1 is 0.295 bits per heavy atom. The number of para-hydroxylation sites is 3. The summed E-state index contributed by atoms with van der Waals surface area (Å²) in [5, 5.41) is 5.03. The summed E-state index contributed by atoms with van der Waals surface area (Å²) < 4.78 is 4.88. The summed E-state index contributed by atoms with van der Waals surface area (Å²) in [5.74, 6) is 0. The molecule has 2 heterocycles. The van der Waals surface area contributed by atoms with Gasteiger partial charge in [0.25, 0.3) is 0 Å². The molecule has 2 heteroatoms. The molecule has 0 aliphatic heterocycles. The number of rotatable bonds is 4. The minimum Gasteiger partial charge on any atom is -0.309 e. The third-order valence-electron chi connectivity index (χ3n) is 8.93. The van der Waals surface area contributed by atoms with Crippen LogP contribution in [0.1, 0.15) is 0 Å². The second kappa shape index (κ2) is 9.86. The molecular weight excluding hydrogens is 532 g/mol. The monoisotopic (exact) mass is 560 g/mol. The van der Waals surface area contributed by atoms with Gasteiger partial charge in [-0.1, -0.05) is 133 Å². The molecule has 0 radical (unpaired) electrons. The fraction of sp³-hybridized carbons (Fsp3) is 0. The van der Waals surface area contributed by atoms with Crippen molar-refractivity contribution in [1.29, 1.82) is 0 Å². The van der Waals surface area contributed by atoms with Crippen LogP contribution in [-0.2, 0) is 0 Å². The summed E-state index contributed by atoms with van der Waals surface area (Å²) in [6, 6.07) is 61.5. The van der Waals surface area contributed by atoms with Gasteiger partial charge in [-0.2, -0.15) is 0 Å². The van der Waals surface area contributed by atoms with Gasteiger partial charge in [-0.15, -0.1) is 0 Å². The molecule has 2 aromatic heterocycles. The van der Waals surface area contributed by atoms with E-state index in [0.29, 0.717) is 0 Å². The fourth-order valence-corrected chi connectivity index (χ4v) is 6.95. The number of aromatic nitrogens is 2. The van der Waals surface area contributed by atoms with Gasteiger partial charge in [-0.3, -0.25) is 0 Å². The standard InChI is InChI=1S/C42H28N2/c1-3-13-29(14-4-1)31-23-25-33(30-15-5-2-6-16-30)41(27-31)44-40-22-12-9-19-36(40)37-26-24-32(28-42(37)44)43-38-20-10-7-17-34(38)35-18-8-11-21-39(35)43/h1-28H. The molecule has 0 N–H and O–H groups in total. The number of hydrogen-bond donors (Lipinski definition) is 0. The van der Waals surface area contributed by atoms with E-state index in [1.807, 2.05) is 0 Å². The Morgan fingerprint density at radius 2 is 0.795 bits per heavy atom. The van der Waals surface area contributed by atoms with Crippen molar-refractivity contribution in [3.63, 3.8) is 0 Å². The van der Waals surface area contributed by atoms with E-state index >= 15 is 0 Å². The highest BCUT2D eigenvalue weighted by Gasteiger charge is 2.19. The molecule has 0 fully saturated rings. The maximum atomic E-state index is 2.47. The van der Waals surface area contributed by atoms with Crippen LogP contribution in [0, 0.1) is 0 Å². The highest BCUT2D eigenvalue weighted by molar-refractivity contribution is 6.12. The summed E-state index contributed by atoms with van der Waals surface area (Å²) in [4.78, 5) is 0. The van der Waals surface area contributed by atoms with Crippen LogP contribution in [0.3, 0.4) is 0 Å². The van der Waals surface area contributed by atoms with Gasteiger partial charge in [0.2, 0.25) is 0 Å². The predicted molar refractivity (Wildman–Crippen MR) is 186 cm³/mol. The van der Waals surface area contributed by atoms with Gasteiger partial charge in [-0.25, -0.2) is 0 Å². The van der Waals surface area contributed by atoms with Crippen LogP contribution >= 0.6 is 0 Å². The Bertz CT molecular complexity index is 2430. The van der Waals surface area contributed by atoms with Crippen LogP contribution in [0.25, 0.3) is 77.2 Å². The SMILES string of the molecule is c1ccc(-c2ccc(-c3ccccc3)c(-n3c4ccccc4c4ccc(-n5c6ccccc6c6ccccc65)cc43)c2)cc1. The Kier molecular flexibility index (Phi) is 5.54. The highest BCUT2D eigenvalue weighted by Crippen LogP contribution is 2.40. The maximum Gasteiger partial charge on any atom is 0.0562 e. The van der Waals surface area contributed by atoms with Crippen LogP contribution in [0.5, 0.6) is 0 Å². The molecule has 206 valence electrons. The molecule has 0 aliphatic rings. The molecule has 44 heavy (non-hydrogen) atoms. The summed E-state index contributed by atoms with van der Waals surface area (Å²) in [5.41, 5.74) is 11.9. The van der Waals surface area contributed by atoms with Crippen molar-refractivity contribution in [2.24, 2.45) is 0 Å². The van der Waals surface area contributed by atoms with E-state index in [1.54, 1.807) is 0 Å². The minimum absolute atomic E-state index is 1.15. The highest BCUT2D eigenvalue weighted by atomic mass is 15.0. The molecule has 2 nitrogen and oxygen atoms in total. The second-order valence-electron chi connectivity index (χ2n) is 11.4. The maximum absolute atomic E-state index is 2.47. The summed E-state index contributed by atoms with van der Waals surface area (Å²) in [6.45, 7) is 0. The Labute approximate surface area is 255 Å². The third-order valence-corrected chi connectivity index (χ3v) is 8.93. The molecule has 0 amide bonds. The van der Waals surface area contributed by atoms with Crippen molar-refractivity contribution < 1.29 is 0 Å². The van der Waals surface area contributed by atoms with E-state index in [9.17, 15) is 0 Å². The number of nitrogens with zero attached hydrogens (tertiary/aromatic N) is 2. The van der Waals surface area contributed by atoms with Gasteiger partial charge in [0, 0.05) is 32.8 Å². The van der Waals surface area contributed by atoms with Gasteiger partial charge < -0.3 is 9.13 Å². The molecule has 0 aliphatic carbocycles. The molecule has 0 spiro atoms. The quantitative estimate of drug-likeness (QED) is 0.203. The van der Waals surface area contributed by atoms with Crippen molar-refractivity contribution in [3.8, 4) is 33.6 Å². The first-order chi connectivity index (χ1) is 21.8. The van der Waals surface area contributed by atoms with Crippen molar-refractivity contribution in [3.05, 3.63) is 170 Å². The molecule has 9 aromatic rings. The zero-order valence-electron chi connectivity index (χ0n) is 24.1. The van der Waals surface area contributed by atoms with E-state index in [-0.39, 0.29) is 0 Å². The third kappa shape index (κ3) is 3.75. The van der Waals surface area contributed by atoms with Gasteiger partial charge in [0.05, 0.1) is 27.8 Å². The van der Waals surface area contributed by atoms with Crippen molar-refractivity contribution in [2.45, 2.75) is 0 Å². The molecular formula is C42H28N2. The number of fused-ring (bicyclic) bond motifs is 6. The first-order valence-electron chi connectivity index (χ1n) is 15.1. The van der Waals surface area contributed by atoms with Gasteiger partial charge in [-0.05, 0) is 53.1 Å². The van der Waals surface area contributed by atoms with Gasteiger partial charge >= 0.3 is 0 Å². The Balaban J connectivity index is 1.39. The van der Waals surface area contributed by atoms with E-state index < -0.39 is 0 Å². The lowest BCUT2D eigenvalue weighted by Crippen LogP contribution is -1.99. The number of benzene rings is 7. The molecule has 7 aromatic carbocycles. The largest absolute Gasteiger partial charge is 0.309 e. The molecule has 0 saturated carbocycles. The average molecular weight is 561 g/mol. The van der Waals surface area contributed by atoms with Crippen LogP contribution in [0.2, 0.25) is 0 Å².